The quantitative estimate of drug-likeness (QED) is 0.535. The van der Waals surface area contributed by atoms with Crippen LogP contribution in [0.1, 0.15) is 41.3 Å². The van der Waals surface area contributed by atoms with Crippen LogP contribution in [0.3, 0.4) is 0 Å². The topological polar surface area (TPSA) is 17.1 Å². The molecule has 0 N–H and O–H groups in total. The Labute approximate surface area is 91.8 Å². The molecule has 1 heteroatoms. The van der Waals surface area contributed by atoms with Crippen molar-refractivity contribution in [2.24, 2.45) is 0 Å². The van der Waals surface area contributed by atoms with Crippen LogP contribution < -0.4 is 0 Å². The number of hydrogen-bond acceptors (Lipinski definition) is 1. The van der Waals surface area contributed by atoms with Gasteiger partial charge in [0.15, 0.2) is 5.78 Å². The van der Waals surface area contributed by atoms with Gasteiger partial charge in [0, 0.05) is 12.0 Å². The van der Waals surface area contributed by atoms with Crippen molar-refractivity contribution in [3.8, 4) is 0 Å². The lowest BCUT2D eigenvalue weighted by atomic mass is 9.99. The van der Waals surface area contributed by atoms with Gasteiger partial charge in [-0.15, -0.1) is 0 Å². The first-order valence-corrected chi connectivity index (χ1v) is 5.31. The first kappa shape index (κ1) is 11.7. The van der Waals surface area contributed by atoms with Crippen molar-refractivity contribution in [1.82, 2.24) is 0 Å². The van der Waals surface area contributed by atoms with Crippen molar-refractivity contribution in [1.29, 1.82) is 0 Å². The van der Waals surface area contributed by atoms with E-state index in [1.807, 2.05) is 32.9 Å². The van der Waals surface area contributed by atoms with E-state index in [4.69, 9.17) is 0 Å². The van der Waals surface area contributed by atoms with Crippen LogP contribution in [-0.4, -0.2) is 5.78 Å². The minimum absolute atomic E-state index is 0.175. The number of carbonyl (C=O) groups is 1. The Morgan fingerprint density at radius 3 is 2.20 bits per heavy atom. The zero-order valence-electron chi connectivity index (χ0n) is 9.76. The fourth-order valence-corrected chi connectivity index (χ4v) is 1.59. The van der Waals surface area contributed by atoms with E-state index in [0.717, 1.165) is 28.7 Å². The van der Waals surface area contributed by atoms with E-state index in [1.54, 1.807) is 0 Å². The summed E-state index contributed by atoms with van der Waals surface area (Å²) >= 11 is 0. The van der Waals surface area contributed by atoms with Gasteiger partial charge < -0.3 is 0 Å². The molecule has 0 fully saturated rings. The Morgan fingerprint density at radius 1 is 1.20 bits per heavy atom. The molecule has 0 radical (unpaired) electrons. The second kappa shape index (κ2) is 4.92. The van der Waals surface area contributed by atoms with Crippen LogP contribution in [0.25, 0.3) is 0 Å². The van der Waals surface area contributed by atoms with E-state index in [-0.39, 0.29) is 5.78 Å². The summed E-state index contributed by atoms with van der Waals surface area (Å²) in [5.74, 6) is 0.175. The summed E-state index contributed by atoms with van der Waals surface area (Å²) in [7, 11) is 0. The third-order valence-corrected chi connectivity index (χ3v) is 2.45. The molecule has 1 aromatic carbocycles. The number of carbonyl (C=O) groups excluding carboxylic acids is 1. The molecule has 0 heterocycles. The normalized spacial score (nSPS) is 10.1. The Morgan fingerprint density at radius 2 is 1.73 bits per heavy atom. The molecule has 1 aromatic rings. The Hall–Kier alpha value is -1.37. The minimum atomic E-state index is 0.175. The second-order valence-corrected chi connectivity index (χ2v) is 4.08. The van der Waals surface area contributed by atoms with Crippen molar-refractivity contribution >= 4 is 5.78 Å². The second-order valence-electron chi connectivity index (χ2n) is 4.08. The molecule has 0 amide bonds. The predicted molar refractivity (Wildman–Crippen MR) is 64.3 cm³/mol. The molecule has 0 spiro atoms. The van der Waals surface area contributed by atoms with Crippen molar-refractivity contribution in [3.63, 3.8) is 0 Å². The molecule has 0 aromatic heterocycles. The first-order chi connectivity index (χ1) is 7.02. The summed E-state index contributed by atoms with van der Waals surface area (Å²) < 4.78 is 0. The molecule has 0 saturated heterocycles. The maximum Gasteiger partial charge on any atom is 0.166 e. The molecule has 1 nitrogen and oxygen atoms in total. The van der Waals surface area contributed by atoms with Gasteiger partial charge in [0.25, 0.3) is 0 Å². The van der Waals surface area contributed by atoms with E-state index in [9.17, 15) is 4.79 Å². The summed E-state index contributed by atoms with van der Waals surface area (Å²) in [6.07, 6.45) is 1.34. The summed E-state index contributed by atoms with van der Waals surface area (Å²) in [5.41, 5.74) is 4.09. The average Bonchev–Trinajstić information content (AvgIpc) is 2.16. The molecule has 0 saturated carbocycles. The van der Waals surface area contributed by atoms with Crippen LogP contribution in [0, 0.1) is 13.8 Å². The predicted octanol–water partition coefficient (Wildman–Crippen LogP) is 3.84. The fourth-order valence-electron chi connectivity index (χ4n) is 1.59. The largest absolute Gasteiger partial charge is 0.294 e. The van der Waals surface area contributed by atoms with Crippen LogP contribution in [0.2, 0.25) is 0 Å². The highest BCUT2D eigenvalue weighted by Gasteiger charge is 2.07. The third kappa shape index (κ3) is 3.35. The highest BCUT2D eigenvalue weighted by atomic mass is 16.1. The maximum atomic E-state index is 11.9. The smallest absolute Gasteiger partial charge is 0.166 e. The molecule has 15 heavy (non-hydrogen) atoms. The summed E-state index contributed by atoms with van der Waals surface area (Å²) in [4.78, 5) is 11.9. The zero-order valence-corrected chi connectivity index (χ0v) is 9.76. The molecular formula is C14H18O. The van der Waals surface area contributed by atoms with Gasteiger partial charge in [-0.3, -0.25) is 4.79 Å². The molecule has 0 bridgehead atoms. The zero-order chi connectivity index (χ0) is 11.4. The van der Waals surface area contributed by atoms with Crippen LogP contribution in [0.15, 0.2) is 30.4 Å². The lowest BCUT2D eigenvalue weighted by Gasteiger charge is -2.05. The number of allylic oxidation sites excluding steroid dienone is 1. The van der Waals surface area contributed by atoms with E-state index in [2.05, 4.69) is 12.6 Å². The van der Waals surface area contributed by atoms with Gasteiger partial charge >= 0.3 is 0 Å². The highest BCUT2D eigenvalue weighted by Crippen LogP contribution is 2.14. The fraction of sp³-hybridized carbons (Fsp3) is 0.357. The minimum Gasteiger partial charge on any atom is -0.294 e. The Balaban J connectivity index is 2.86. The lowest BCUT2D eigenvalue weighted by Crippen LogP contribution is -2.01. The third-order valence-electron chi connectivity index (χ3n) is 2.45. The van der Waals surface area contributed by atoms with Gasteiger partial charge in [0.05, 0.1) is 0 Å². The van der Waals surface area contributed by atoms with Gasteiger partial charge in [-0.05, 0) is 32.4 Å². The monoisotopic (exact) mass is 202 g/mol. The van der Waals surface area contributed by atoms with Gasteiger partial charge in [-0.2, -0.15) is 0 Å². The van der Waals surface area contributed by atoms with E-state index >= 15 is 0 Å². The van der Waals surface area contributed by atoms with Crippen molar-refractivity contribution in [2.75, 3.05) is 0 Å². The highest BCUT2D eigenvalue weighted by molar-refractivity contribution is 5.97. The van der Waals surface area contributed by atoms with Crippen LogP contribution in [0.5, 0.6) is 0 Å². The molecule has 1 rings (SSSR count). The van der Waals surface area contributed by atoms with Crippen molar-refractivity contribution in [2.45, 2.75) is 33.6 Å². The molecule has 0 aliphatic heterocycles. The Kier molecular flexibility index (Phi) is 3.84. The van der Waals surface area contributed by atoms with Crippen LogP contribution in [0.4, 0.5) is 0 Å². The molecule has 0 aliphatic carbocycles. The summed E-state index contributed by atoms with van der Waals surface area (Å²) in [6.45, 7) is 9.91. The van der Waals surface area contributed by atoms with Crippen molar-refractivity contribution < 1.29 is 4.79 Å². The number of aryl methyl sites for hydroxylation is 2. The number of rotatable bonds is 4. The van der Waals surface area contributed by atoms with Crippen LogP contribution >= 0.6 is 0 Å². The number of hydrogen-bond donors (Lipinski definition) is 0. The number of benzene rings is 1. The Bertz CT molecular complexity index is 368. The number of ketones is 1. The van der Waals surface area contributed by atoms with E-state index in [1.165, 1.54) is 0 Å². The van der Waals surface area contributed by atoms with Crippen molar-refractivity contribution in [3.05, 3.63) is 47.0 Å². The summed E-state index contributed by atoms with van der Waals surface area (Å²) in [5, 5.41) is 0. The maximum absolute atomic E-state index is 11.9. The van der Waals surface area contributed by atoms with Gasteiger partial charge in [0.1, 0.15) is 0 Å². The van der Waals surface area contributed by atoms with Gasteiger partial charge in [-0.25, -0.2) is 0 Å². The van der Waals surface area contributed by atoms with Gasteiger partial charge in [-0.1, -0.05) is 36.3 Å². The molecule has 0 unspecified atom stereocenters. The van der Waals surface area contributed by atoms with E-state index < -0.39 is 0 Å². The molecule has 0 aliphatic rings. The molecular weight excluding hydrogens is 184 g/mol. The number of Topliss-reactive ketones (excluding diaryl/α,β-unsaturated/α-hetero) is 1. The summed E-state index contributed by atoms with van der Waals surface area (Å²) in [6, 6.07) is 5.96. The molecule has 80 valence electrons. The standard InChI is InChI=1S/C14H18O/c1-5-10(2)9-14(15)13-7-11(3)6-12(4)8-13/h6-8H,2,5,9H2,1,3-4H3. The lowest BCUT2D eigenvalue weighted by molar-refractivity contribution is 0.0992. The van der Waals surface area contributed by atoms with Gasteiger partial charge in [0.2, 0.25) is 0 Å². The van der Waals surface area contributed by atoms with Crippen LogP contribution in [-0.2, 0) is 0 Å². The van der Waals surface area contributed by atoms with E-state index in [0.29, 0.717) is 6.42 Å². The molecule has 0 atom stereocenters. The average molecular weight is 202 g/mol. The first-order valence-electron chi connectivity index (χ1n) is 5.31. The SMILES string of the molecule is C=C(CC)CC(=O)c1cc(C)cc(C)c1.